The zero-order chi connectivity index (χ0) is 21.4. The highest BCUT2D eigenvalue weighted by atomic mass is 19.4. The molecule has 3 N–H and O–H groups in total. The van der Waals surface area contributed by atoms with Gasteiger partial charge in [-0.1, -0.05) is 12.1 Å². The molecule has 0 atom stereocenters. The summed E-state index contributed by atoms with van der Waals surface area (Å²) in [6.45, 7) is 1.98. The molecule has 3 rings (SSSR count). The van der Waals surface area contributed by atoms with Crippen LogP contribution < -0.4 is 15.4 Å². The number of aromatic nitrogens is 3. The molecule has 0 saturated heterocycles. The maximum absolute atomic E-state index is 12.2. The number of ether oxygens (including phenoxy) is 1. The van der Waals surface area contributed by atoms with E-state index in [-0.39, 0.29) is 5.75 Å². The lowest BCUT2D eigenvalue weighted by Gasteiger charge is -2.11. The van der Waals surface area contributed by atoms with Gasteiger partial charge in [0, 0.05) is 6.54 Å². The van der Waals surface area contributed by atoms with E-state index in [9.17, 15) is 13.2 Å². The molecule has 0 unspecified atom stereocenters. The predicted octanol–water partition coefficient (Wildman–Crippen LogP) is 3.26. The fourth-order valence-electron chi connectivity index (χ4n) is 2.43. The average molecular weight is 422 g/mol. The van der Waals surface area contributed by atoms with Crippen molar-refractivity contribution in [2.24, 2.45) is 4.99 Å². The molecular weight excluding hydrogens is 401 g/mol. The summed E-state index contributed by atoms with van der Waals surface area (Å²) in [6.07, 6.45) is -2.81. The Hall–Kier alpha value is -3.50. The maximum Gasteiger partial charge on any atom is 0.422 e. The second-order valence-corrected chi connectivity index (χ2v) is 6.18. The molecule has 1 aromatic carbocycles. The summed E-state index contributed by atoms with van der Waals surface area (Å²) in [5.41, 5.74) is 0.825. The first-order chi connectivity index (χ1) is 14.4. The molecule has 2 heterocycles. The van der Waals surface area contributed by atoms with Gasteiger partial charge in [0.2, 0.25) is 5.82 Å². The number of benzene rings is 1. The number of rotatable bonds is 8. The highest BCUT2D eigenvalue weighted by Gasteiger charge is 2.28. The lowest BCUT2D eigenvalue weighted by atomic mass is 10.2. The minimum Gasteiger partial charge on any atom is -0.484 e. The molecule has 0 aliphatic rings. The van der Waals surface area contributed by atoms with Crippen LogP contribution in [0.15, 0.2) is 52.1 Å². The number of hydrogen-bond acceptors (Lipinski definition) is 5. The number of aromatic amines is 1. The van der Waals surface area contributed by atoms with Gasteiger partial charge in [-0.15, -0.1) is 5.10 Å². The van der Waals surface area contributed by atoms with Crippen LogP contribution in [0.4, 0.5) is 13.2 Å². The molecule has 0 bridgehead atoms. The Balaban J connectivity index is 1.54. The SMILES string of the molecule is CCNC(=NCc1ccc(OCC(F)(F)F)cc1)NCc1nc(-c2ccco2)n[nH]1. The van der Waals surface area contributed by atoms with Gasteiger partial charge in [-0.05, 0) is 36.8 Å². The molecule has 0 radical (unpaired) electrons. The molecule has 3 aromatic rings. The number of nitrogens with zero attached hydrogens (tertiary/aromatic N) is 3. The zero-order valence-corrected chi connectivity index (χ0v) is 16.2. The van der Waals surface area contributed by atoms with E-state index in [1.807, 2.05) is 6.92 Å². The number of aliphatic imine (C=N–C) groups is 1. The van der Waals surface area contributed by atoms with Gasteiger partial charge in [0.15, 0.2) is 18.3 Å². The van der Waals surface area contributed by atoms with Gasteiger partial charge in [-0.2, -0.15) is 13.2 Å². The molecule has 0 aliphatic carbocycles. The normalized spacial score (nSPS) is 12.1. The highest BCUT2D eigenvalue weighted by molar-refractivity contribution is 5.79. The molecule has 0 fully saturated rings. The smallest absolute Gasteiger partial charge is 0.422 e. The number of furan rings is 1. The van der Waals surface area contributed by atoms with Crippen molar-refractivity contribution in [2.75, 3.05) is 13.2 Å². The van der Waals surface area contributed by atoms with Gasteiger partial charge in [0.1, 0.15) is 11.6 Å². The number of guanidine groups is 1. The van der Waals surface area contributed by atoms with Crippen molar-refractivity contribution in [2.45, 2.75) is 26.2 Å². The standard InChI is InChI=1S/C19H21F3N6O2/c1-2-23-18(25-11-16-26-17(28-27-16)15-4-3-9-29-15)24-10-13-5-7-14(8-6-13)30-12-19(20,21)22/h3-9H,2,10-12H2,1H3,(H2,23,24,25)(H,26,27,28). The van der Waals surface area contributed by atoms with Crippen molar-refractivity contribution in [3.05, 3.63) is 54.0 Å². The average Bonchev–Trinajstić information content (AvgIpc) is 3.40. The van der Waals surface area contributed by atoms with E-state index in [1.54, 1.807) is 30.5 Å². The van der Waals surface area contributed by atoms with Crippen molar-refractivity contribution in [3.63, 3.8) is 0 Å². The van der Waals surface area contributed by atoms with Gasteiger partial charge in [0.05, 0.1) is 19.4 Å². The number of halogens is 3. The predicted molar refractivity (Wildman–Crippen MR) is 104 cm³/mol. The van der Waals surface area contributed by atoms with Crippen molar-refractivity contribution >= 4 is 5.96 Å². The molecule has 0 aliphatic heterocycles. The van der Waals surface area contributed by atoms with E-state index >= 15 is 0 Å². The summed E-state index contributed by atoms with van der Waals surface area (Å²) in [5.74, 6) is 2.36. The number of alkyl halides is 3. The van der Waals surface area contributed by atoms with Gasteiger partial charge in [-0.3, -0.25) is 5.10 Å². The minimum atomic E-state index is -4.36. The summed E-state index contributed by atoms with van der Waals surface area (Å²) in [5, 5.41) is 13.2. The molecule has 11 heteroatoms. The van der Waals surface area contributed by atoms with Gasteiger partial charge in [0.25, 0.3) is 0 Å². The minimum absolute atomic E-state index is 0.155. The summed E-state index contributed by atoms with van der Waals surface area (Å²) in [7, 11) is 0. The molecule has 8 nitrogen and oxygen atoms in total. The van der Waals surface area contributed by atoms with E-state index in [2.05, 4.69) is 30.8 Å². The summed E-state index contributed by atoms with van der Waals surface area (Å²) in [4.78, 5) is 8.81. The fourth-order valence-corrected chi connectivity index (χ4v) is 2.43. The quantitative estimate of drug-likeness (QED) is 0.381. The number of H-pyrrole nitrogens is 1. The van der Waals surface area contributed by atoms with Gasteiger partial charge in [-0.25, -0.2) is 9.98 Å². The van der Waals surface area contributed by atoms with Crippen molar-refractivity contribution in [3.8, 4) is 17.3 Å². The molecule has 30 heavy (non-hydrogen) atoms. The van der Waals surface area contributed by atoms with Crippen LogP contribution in [-0.4, -0.2) is 40.5 Å². The first-order valence-corrected chi connectivity index (χ1v) is 9.19. The fraction of sp³-hybridized carbons (Fsp3) is 0.316. The van der Waals surface area contributed by atoms with E-state index in [4.69, 9.17) is 9.15 Å². The van der Waals surface area contributed by atoms with Crippen LogP contribution in [0.2, 0.25) is 0 Å². The molecule has 0 spiro atoms. The van der Waals surface area contributed by atoms with Gasteiger partial charge >= 0.3 is 6.18 Å². The van der Waals surface area contributed by atoms with E-state index in [0.717, 1.165) is 5.56 Å². The van der Waals surface area contributed by atoms with E-state index < -0.39 is 12.8 Å². The Labute approximate surface area is 170 Å². The first kappa shape index (κ1) is 21.2. The Morgan fingerprint density at radius 2 is 2.00 bits per heavy atom. The molecular formula is C19H21F3N6O2. The largest absolute Gasteiger partial charge is 0.484 e. The maximum atomic E-state index is 12.2. The third-order valence-electron chi connectivity index (χ3n) is 3.79. The van der Waals surface area contributed by atoms with Crippen LogP contribution in [-0.2, 0) is 13.1 Å². The Kier molecular flexibility index (Phi) is 6.94. The van der Waals surface area contributed by atoms with Crippen molar-refractivity contribution in [1.82, 2.24) is 25.8 Å². The Morgan fingerprint density at radius 3 is 2.67 bits per heavy atom. The van der Waals surface area contributed by atoms with Crippen LogP contribution in [0, 0.1) is 0 Å². The second kappa shape index (κ2) is 9.81. The molecule has 160 valence electrons. The first-order valence-electron chi connectivity index (χ1n) is 9.19. The van der Waals surface area contributed by atoms with Crippen LogP contribution >= 0.6 is 0 Å². The van der Waals surface area contributed by atoms with E-state index in [0.29, 0.717) is 43.0 Å². The van der Waals surface area contributed by atoms with E-state index in [1.165, 1.54) is 12.1 Å². The molecule has 0 saturated carbocycles. The number of nitrogens with one attached hydrogen (secondary N) is 3. The van der Waals surface area contributed by atoms with Crippen molar-refractivity contribution < 1.29 is 22.3 Å². The highest BCUT2D eigenvalue weighted by Crippen LogP contribution is 2.19. The lowest BCUT2D eigenvalue weighted by Crippen LogP contribution is -2.37. The molecule has 0 amide bonds. The summed E-state index contributed by atoms with van der Waals surface area (Å²) < 4.78 is 46.6. The number of hydrogen-bond donors (Lipinski definition) is 3. The van der Waals surface area contributed by atoms with Crippen LogP contribution in [0.1, 0.15) is 18.3 Å². The van der Waals surface area contributed by atoms with Crippen LogP contribution in [0.25, 0.3) is 11.6 Å². The monoisotopic (exact) mass is 422 g/mol. The zero-order valence-electron chi connectivity index (χ0n) is 16.2. The van der Waals surface area contributed by atoms with Crippen LogP contribution in [0.5, 0.6) is 5.75 Å². The van der Waals surface area contributed by atoms with Gasteiger partial charge < -0.3 is 19.8 Å². The lowest BCUT2D eigenvalue weighted by molar-refractivity contribution is -0.153. The topological polar surface area (TPSA) is 100 Å². The third kappa shape index (κ3) is 6.54. The summed E-state index contributed by atoms with van der Waals surface area (Å²) >= 11 is 0. The summed E-state index contributed by atoms with van der Waals surface area (Å²) in [6, 6.07) is 9.85. The third-order valence-corrected chi connectivity index (χ3v) is 3.79. The Morgan fingerprint density at radius 1 is 1.20 bits per heavy atom. The molecule has 2 aromatic heterocycles. The van der Waals surface area contributed by atoms with Crippen molar-refractivity contribution in [1.29, 1.82) is 0 Å². The van der Waals surface area contributed by atoms with Crippen LogP contribution in [0.3, 0.4) is 0 Å². The second-order valence-electron chi connectivity index (χ2n) is 6.18. The Bertz CT molecular complexity index is 936.